The van der Waals surface area contributed by atoms with Crippen LogP contribution in [-0.2, 0) is 13.6 Å². The molecule has 2 rings (SSSR count). The van der Waals surface area contributed by atoms with Gasteiger partial charge in [0.1, 0.15) is 5.82 Å². The molecular formula is C16H24N4O. The Bertz CT molecular complexity index is 577. The van der Waals surface area contributed by atoms with Crippen molar-refractivity contribution in [3.8, 4) is 11.4 Å². The summed E-state index contributed by atoms with van der Waals surface area (Å²) in [5.74, 6) is 1.76. The summed E-state index contributed by atoms with van der Waals surface area (Å²) < 4.78 is 2.02. The molecule has 1 N–H and O–H groups in total. The summed E-state index contributed by atoms with van der Waals surface area (Å²) in [7, 11) is 1.98. The van der Waals surface area contributed by atoms with Crippen LogP contribution in [0.25, 0.3) is 11.4 Å². The lowest BCUT2D eigenvalue weighted by Gasteiger charge is -2.35. The van der Waals surface area contributed by atoms with Crippen LogP contribution in [0.1, 0.15) is 26.6 Å². The van der Waals surface area contributed by atoms with E-state index < -0.39 is 0 Å². The van der Waals surface area contributed by atoms with E-state index in [1.54, 1.807) is 0 Å². The van der Waals surface area contributed by atoms with Crippen LogP contribution in [-0.4, -0.2) is 43.5 Å². The van der Waals surface area contributed by atoms with Gasteiger partial charge in [-0.15, -0.1) is 10.2 Å². The maximum Gasteiger partial charge on any atom is 0.163 e. The number of aliphatic hydroxyl groups excluding tert-OH is 1. The molecule has 0 radical (unpaired) electrons. The third kappa shape index (κ3) is 3.31. The maximum atomic E-state index is 9.54. The molecule has 0 saturated heterocycles. The van der Waals surface area contributed by atoms with Crippen LogP contribution in [0.4, 0.5) is 0 Å². The fourth-order valence-electron chi connectivity index (χ4n) is 2.36. The summed E-state index contributed by atoms with van der Waals surface area (Å²) in [6.07, 6.45) is 0. The van der Waals surface area contributed by atoms with Crippen molar-refractivity contribution in [1.82, 2.24) is 19.7 Å². The van der Waals surface area contributed by atoms with E-state index >= 15 is 0 Å². The molecule has 5 nitrogen and oxygen atoms in total. The van der Waals surface area contributed by atoms with Gasteiger partial charge in [0.15, 0.2) is 5.82 Å². The molecule has 0 saturated carbocycles. The lowest BCUT2D eigenvalue weighted by Crippen LogP contribution is -2.46. The van der Waals surface area contributed by atoms with Gasteiger partial charge in [0, 0.05) is 18.2 Å². The summed E-state index contributed by atoms with van der Waals surface area (Å²) in [6, 6.07) is 10.0. The quantitative estimate of drug-likeness (QED) is 0.884. The van der Waals surface area contributed by atoms with E-state index in [0.717, 1.165) is 23.8 Å². The molecule has 1 aromatic carbocycles. The molecule has 0 unspecified atom stereocenters. The largest absolute Gasteiger partial charge is 0.394 e. The average Bonchev–Trinajstić information content (AvgIpc) is 2.86. The molecule has 1 heterocycles. The zero-order valence-electron chi connectivity index (χ0n) is 13.2. The highest BCUT2D eigenvalue weighted by Gasteiger charge is 2.26. The fraction of sp³-hybridized carbons (Fsp3) is 0.500. The second-order valence-electron chi connectivity index (χ2n) is 5.85. The Morgan fingerprint density at radius 1 is 1.19 bits per heavy atom. The first-order valence-electron chi connectivity index (χ1n) is 7.29. The van der Waals surface area contributed by atoms with E-state index in [0.29, 0.717) is 6.54 Å². The van der Waals surface area contributed by atoms with Crippen molar-refractivity contribution in [2.24, 2.45) is 7.05 Å². The van der Waals surface area contributed by atoms with Gasteiger partial charge in [-0.05, 0) is 20.4 Å². The maximum absolute atomic E-state index is 9.54. The Labute approximate surface area is 126 Å². The van der Waals surface area contributed by atoms with Crippen LogP contribution in [0, 0.1) is 0 Å². The van der Waals surface area contributed by atoms with Gasteiger partial charge >= 0.3 is 0 Å². The minimum atomic E-state index is -0.270. The number of nitrogens with zero attached hydrogens (tertiary/aromatic N) is 4. The average molecular weight is 288 g/mol. The Morgan fingerprint density at radius 3 is 2.43 bits per heavy atom. The number of aliphatic hydroxyl groups is 1. The smallest absolute Gasteiger partial charge is 0.163 e. The molecule has 1 aromatic heterocycles. The minimum Gasteiger partial charge on any atom is -0.394 e. The van der Waals surface area contributed by atoms with Crippen molar-refractivity contribution >= 4 is 0 Å². The molecule has 0 bridgehead atoms. The topological polar surface area (TPSA) is 54.2 Å². The summed E-state index contributed by atoms with van der Waals surface area (Å²) in [5.41, 5.74) is 0.788. The predicted octanol–water partition coefficient (Wildman–Crippen LogP) is 2.07. The van der Waals surface area contributed by atoms with Crippen molar-refractivity contribution < 1.29 is 5.11 Å². The fourth-order valence-corrected chi connectivity index (χ4v) is 2.36. The highest BCUT2D eigenvalue weighted by Crippen LogP contribution is 2.20. The van der Waals surface area contributed by atoms with E-state index in [9.17, 15) is 5.11 Å². The summed E-state index contributed by atoms with van der Waals surface area (Å²) >= 11 is 0. The molecule has 0 atom stereocenters. The summed E-state index contributed by atoms with van der Waals surface area (Å²) in [5, 5.41) is 18.2. The molecular weight excluding hydrogens is 264 g/mol. The molecule has 0 aliphatic carbocycles. The first-order valence-corrected chi connectivity index (χ1v) is 7.29. The molecule has 114 valence electrons. The lowest BCUT2D eigenvalue weighted by molar-refractivity contribution is 0.0525. The zero-order valence-corrected chi connectivity index (χ0v) is 13.2. The van der Waals surface area contributed by atoms with E-state index in [-0.39, 0.29) is 12.1 Å². The van der Waals surface area contributed by atoms with Gasteiger partial charge in [-0.2, -0.15) is 0 Å². The monoisotopic (exact) mass is 288 g/mol. The van der Waals surface area contributed by atoms with Gasteiger partial charge in [0.2, 0.25) is 0 Å². The van der Waals surface area contributed by atoms with Crippen LogP contribution < -0.4 is 0 Å². The van der Waals surface area contributed by atoms with Gasteiger partial charge < -0.3 is 9.67 Å². The van der Waals surface area contributed by atoms with Crippen LogP contribution in [0.2, 0.25) is 0 Å². The highest BCUT2D eigenvalue weighted by atomic mass is 16.3. The van der Waals surface area contributed by atoms with Crippen LogP contribution in [0.15, 0.2) is 30.3 Å². The van der Waals surface area contributed by atoms with E-state index in [2.05, 4.69) is 22.0 Å². The SMILES string of the molecule is CCN(Cc1nnc(-c2ccccc2)n1C)C(C)(C)CO. The molecule has 0 amide bonds. The normalized spacial score (nSPS) is 12.1. The second kappa shape index (κ2) is 6.37. The van der Waals surface area contributed by atoms with Gasteiger partial charge in [-0.1, -0.05) is 37.3 Å². The van der Waals surface area contributed by atoms with Crippen LogP contribution >= 0.6 is 0 Å². The third-order valence-corrected chi connectivity index (χ3v) is 3.95. The first-order chi connectivity index (χ1) is 9.99. The molecule has 21 heavy (non-hydrogen) atoms. The van der Waals surface area contributed by atoms with Gasteiger partial charge in [0.05, 0.1) is 13.2 Å². The van der Waals surface area contributed by atoms with Crippen molar-refractivity contribution in [3.63, 3.8) is 0 Å². The molecule has 0 fully saturated rings. The molecule has 2 aromatic rings. The van der Waals surface area contributed by atoms with Crippen molar-refractivity contribution in [1.29, 1.82) is 0 Å². The van der Waals surface area contributed by atoms with Crippen molar-refractivity contribution in [2.45, 2.75) is 32.9 Å². The van der Waals surface area contributed by atoms with E-state index in [1.807, 2.05) is 55.8 Å². The number of benzene rings is 1. The summed E-state index contributed by atoms with van der Waals surface area (Å²) in [6.45, 7) is 7.79. The first kappa shape index (κ1) is 15.7. The standard InChI is InChI=1S/C16H24N4O/c1-5-20(16(2,3)12-21)11-14-17-18-15(19(14)4)13-9-7-6-8-10-13/h6-10,21H,5,11-12H2,1-4H3. The number of hydrogen-bond donors (Lipinski definition) is 1. The molecule has 0 aliphatic rings. The van der Waals surface area contributed by atoms with Gasteiger partial charge in [-0.3, -0.25) is 4.90 Å². The van der Waals surface area contributed by atoms with Crippen molar-refractivity contribution in [2.75, 3.05) is 13.2 Å². The Morgan fingerprint density at radius 2 is 1.86 bits per heavy atom. The zero-order chi connectivity index (χ0) is 15.5. The van der Waals surface area contributed by atoms with Gasteiger partial charge in [0.25, 0.3) is 0 Å². The number of hydrogen-bond acceptors (Lipinski definition) is 4. The predicted molar refractivity (Wildman–Crippen MR) is 83.7 cm³/mol. The molecule has 0 spiro atoms. The number of rotatable bonds is 6. The lowest BCUT2D eigenvalue weighted by atomic mass is 10.0. The summed E-state index contributed by atoms with van der Waals surface area (Å²) in [4.78, 5) is 2.20. The number of aromatic nitrogens is 3. The molecule has 5 heteroatoms. The second-order valence-corrected chi connectivity index (χ2v) is 5.85. The molecule has 0 aliphatic heterocycles. The van der Waals surface area contributed by atoms with E-state index in [4.69, 9.17) is 0 Å². The van der Waals surface area contributed by atoms with E-state index in [1.165, 1.54) is 0 Å². The van der Waals surface area contributed by atoms with Crippen molar-refractivity contribution in [3.05, 3.63) is 36.2 Å². The third-order valence-electron chi connectivity index (χ3n) is 3.95. The van der Waals surface area contributed by atoms with Crippen LogP contribution in [0.3, 0.4) is 0 Å². The Hall–Kier alpha value is -1.72. The highest BCUT2D eigenvalue weighted by molar-refractivity contribution is 5.54. The Kier molecular flexibility index (Phi) is 4.75. The Balaban J connectivity index is 2.25. The minimum absolute atomic E-state index is 0.115. The van der Waals surface area contributed by atoms with Crippen LogP contribution in [0.5, 0.6) is 0 Å². The number of likely N-dealkylation sites (N-methyl/N-ethyl adjacent to an activating group) is 1. The van der Waals surface area contributed by atoms with Gasteiger partial charge in [-0.25, -0.2) is 0 Å².